The first-order valence-corrected chi connectivity index (χ1v) is 9.77. The average Bonchev–Trinajstić information content (AvgIpc) is 3.22. The number of pyridine rings is 1. The molecule has 2 N–H and O–H groups in total. The van der Waals surface area contributed by atoms with Crippen molar-refractivity contribution in [1.82, 2.24) is 14.5 Å². The molecule has 4 rings (SSSR count). The number of rotatable bonds is 8. The molecule has 0 aliphatic rings. The number of nitrogens with one attached hydrogen (secondary N) is 2. The van der Waals surface area contributed by atoms with E-state index in [1.54, 1.807) is 24.7 Å². The van der Waals surface area contributed by atoms with Crippen molar-refractivity contribution in [2.24, 2.45) is 0 Å². The highest BCUT2D eigenvalue weighted by Crippen LogP contribution is 2.18. The molecular formula is C22H20N6O3. The van der Waals surface area contributed by atoms with Crippen LogP contribution in [0.3, 0.4) is 0 Å². The minimum Gasteiger partial charge on any atom is -0.385 e. The van der Waals surface area contributed by atoms with Crippen molar-refractivity contribution in [3.63, 3.8) is 0 Å². The molecule has 0 saturated heterocycles. The molecule has 9 heteroatoms. The van der Waals surface area contributed by atoms with E-state index in [9.17, 15) is 14.9 Å². The maximum Gasteiger partial charge on any atom is 0.269 e. The van der Waals surface area contributed by atoms with E-state index < -0.39 is 4.92 Å². The van der Waals surface area contributed by atoms with E-state index in [0.717, 1.165) is 22.5 Å². The second-order valence-corrected chi connectivity index (χ2v) is 6.89. The number of nitro benzene ring substituents is 1. The zero-order valence-corrected chi connectivity index (χ0v) is 16.6. The molecule has 2 aromatic carbocycles. The Morgan fingerprint density at radius 2 is 1.77 bits per heavy atom. The molecule has 0 radical (unpaired) electrons. The number of nitro groups is 1. The molecule has 156 valence electrons. The SMILES string of the molecule is O=C(CCCNc1ccc([N+](=O)[O-])cc1)Nc1ccc(-n2cnc3ccccc32)nc1. The van der Waals surface area contributed by atoms with Crippen LogP contribution in [-0.4, -0.2) is 31.9 Å². The van der Waals surface area contributed by atoms with Crippen molar-refractivity contribution in [2.45, 2.75) is 12.8 Å². The molecule has 0 aliphatic heterocycles. The largest absolute Gasteiger partial charge is 0.385 e. The molecule has 1 amide bonds. The Morgan fingerprint density at radius 1 is 1.00 bits per heavy atom. The number of amides is 1. The zero-order chi connectivity index (χ0) is 21.6. The average molecular weight is 416 g/mol. The summed E-state index contributed by atoms with van der Waals surface area (Å²) in [7, 11) is 0. The monoisotopic (exact) mass is 416 g/mol. The summed E-state index contributed by atoms with van der Waals surface area (Å²) in [5.41, 5.74) is 3.31. The molecule has 2 heterocycles. The summed E-state index contributed by atoms with van der Waals surface area (Å²) in [6, 6.07) is 17.6. The molecule has 9 nitrogen and oxygen atoms in total. The number of hydrogen-bond acceptors (Lipinski definition) is 6. The van der Waals surface area contributed by atoms with Crippen LogP contribution >= 0.6 is 0 Å². The predicted molar refractivity (Wildman–Crippen MR) is 118 cm³/mol. The lowest BCUT2D eigenvalue weighted by Crippen LogP contribution is -2.13. The Balaban J connectivity index is 1.25. The highest BCUT2D eigenvalue weighted by atomic mass is 16.6. The number of imidazole rings is 1. The quantitative estimate of drug-likeness (QED) is 0.253. The third-order valence-corrected chi connectivity index (χ3v) is 4.72. The van der Waals surface area contributed by atoms with Gasteiger partial charge in [-0.15, -0.1) is 0 Å². The summed E-state index contributed by atoms with van der Waals surface area (Å²) in [6.07, 6.45) is 4.31. The molecule has 4 aromatic rings. The van der Waals surface area contributed by atoms with Gasteiger partial charge in [0.2, 0.25) is 5.91 Å². The highest BCUT2D eigenvalue weighted by molar-refractivity contribution is 5.90. The van der Waals surface area contributed by atoms with Crippen LogP contribution in [0.2, 0.25) is 0 Å². The lowest BCUT2D eigenvalue weighted by atomic mass is 10.2. The fourth-order valence-corrected chi connectivity index (χ4v) is 3.15. The van der Waals surface area contributed by atoms with Gasteiger partial charge in [-0.2, -0.15) is 0 Å². The van der Waals surface area contributed by atoms with Gasteiger partial charge in [0.15, 0.2) is 0 Å². The molecule has 2 aromatic heterocycles. The Labute approximate surface area is 177 Å². The van der Waals surface area contributed by atoms with Gasteiger partial charge < -0.3 is 10.6 Å². The number of carbonyl (C=O) groups is 1. The van der Waals surface area contributed by atoms with Crippen molar-refractivity contribution in [3.8, 4) is 5.82 Å². The first-order chi connectivity index (χ1) is 15.1. The van der Waals surface area contributed by atoms with Crippen molar-refractivity contribution in [3.05, 3.63) is 83.3 Å². The van der Waals surface area contributed by atoms with Gasteiger partial charge in [-0.1, -0.05) is 12.1 Å². The molecule has 0 aliphatic carbocycles. The Kier molecular flexibility index (Phi) is 5.84. The number of carbonyl (C=O) groups excluding carboxylic acids is 1. The van der Waals surface area contributed by atoms with Gasteiger partial charge in [-0.05, 0) is 42.8 Å². The summed E-state index contributed by atoms with van der Waals surface area (Å²) in [6.45, 7) is 0.579. The van der Waals surface area contributed by atoms with Crippen molar-refractivity contribution >= 4 is 34.0 Å². The molecule has 0 spiro atoms. The number of hydrogen-bond donors (Lipinski definition) is 2. The van der Waals surface area contributed by atoms with Crippen LogP contribution in [0, 0.1) is 10.1 Å². The van der Waals surface area contributed by atoms with Gasteiger partial charge in [0.25, 0.3) is 5.69 Å². The van der Waals surface area contributed by atoms with Crippen LogP contribution in [-0.2, 0) is 4.79 Å². The lowest BCUT2D eigenvalue weighted by Gasteiger charge is -2.08. The van der Waals surface area contributed by atoms with Crippen LogP contribution in [0.5, 0.6) is 0 Å². The third kappa shape index (κ3) is 4.84. The zero-order valence-electron chi connectivity index (χ0n) is 16.6. The Bertz CT molecular complexity index is 1200. The number of aromatic nitrogens is 3. The maximum absolute atomic E-state index is 12.2. The van der Waals surface area contributed by atoms with E-state index in [1.807, 2.05) is 41.0 Å². The standard InChI is InChI=1S/C22H20N6O3/c29-22(6-3-13-23-16-7-10-18(11-8-16)28(30)31)26-17-9-12-21(24-14-17)27-15-25-19-4-1-2-5-20(19)27/h1-2,4-5,7-12,14-15,23H,3,6,13H2,(H,26,29). The summed E-state index contributed by atoms with van der Waals surface area (Å²) >= 11 is 0. The molecule has 0 unspecified atom stereocenters. The minimum atomic E-state index is -0.437. The summed E-state index contributed by atoms with van der Waals surface area (Å²) in [5, 5.41) is 16.6. The minimum absolute atomic E-state index is 0.0470. The fourth-order valence-electron chi connectivity index (χ4n) is 3.15. The van der Waals surface area contributed by atoms with E-state index in [1.165, 1.54) is 12.1 Å². The van der Waals surface area contributed by atoms with Gasteiger partial charge in [0.05, 0.1) is 27.8 Å². The molecule has 0 bridgehead atoms. The number of non-ortho nitro benzene ring substituents is 1. The van der Waals surface area contributed by atoms with E-state index >= 15 is 0 Å². The number of nitrogens with zero attached hydrogens (tertiary/aromatic N) is 4. The predicted octanol–water partition coefficient (Wildman–Crippen LogP) is 4.16. The molecule has 31 heavy (non-hydrogen) atoms. The first-order valence-electron chi connectivity index (χ1n) is 9.77. The van der Waals surface area contributed by atoms with Gasteiger partial charge in [-0.25, -0.2) is 9.97 Å². The first kappa shape index (κ1) is 20.0. The van der Waals surface area contributed by atoms with E-state index in [4.69, 9.17) is 0 Å². The van der Waals surface area contributed by atoms with E-state index in [-0.39, 0.29) is 11.6 Å². The molecule has 0 fully saturated rings. The smallest absolute Gasteiger partial charge is 0.269 e. The maximum atomic E-state index is 12.2. The second kappa shape index (κ2) is 9.04. The summed E-state index contributed by atoms with van der Waals surface area (Å²) < 4.78 is 1.89. The molecule has 0 saturated carbocycles. The molecule has 0 atom stereocenters. The van der Waals surface area contributed by atoms with Crippen LogP contribution in [0.1, 0.15) is 12.8 Å². The van der Waals surface area contributed by atoms with Crippen LogP contribution in [0.25, 0.3) is 16.9 Å². The van der Waals surface area contributed by atoms with Gasteiger partial charge in [-0.3, -0.25) is 19.5 Å². The highest BCUT2D eigenvalue weighted by Gasteiger charge is 2.07. The Morgan fingerprint density at radius 3 is 2.52 bits per heavy atom. The number of benzene rings is 2. The van der Waals surface area contributed by atoms with Gasteiger partial charge >= 0.3 is 0 Å². The fraction of sp³-hybridized carbons (Fsp3) is 0.136. The third-order valence-electron chi connectivity index (χ3n) is 4.72. The topological polar surface area (TPSA) is 115 Å². The summed E-state index contributed by atoms with van der Waals surface area (Å²) in [4.78, 5) is 31.2. The van der Waals surface area contributed by atoms with Gasteiger partial charge in [0, 0.05) is 30.8 Å². The number of fused-ring (bicyclic) bond motifs is 1. The van der Waals surface area contributed by atoms with E-state index in [0.29, 0.717) is 25.1 Å². The van der Waals surface area contributed by atoms with Crippen LogP contribution in [0.4, 0.5) is 17.1 Å². The molecular weight excluding hydrogens is 396 g/mol. The van der Waals surface area contributed by atoms with Crippen LogP contribution in [0.15, 0.2) is 73.2 Å². The number of anilines is 2. The Hall–Kier alpha value is -4.27. The van der Waals surface area contributed by atoms with Crippen molar-refractivity contribution in [2.75, 3.05) is 17.2 Å². The second-order valence-electron chi connectivity index (χ2n) is 6.89. The van der Waals surface area contributed by atoms with Gasteiger partial charge in [0.1, 0.15) is 12.1 Å². The van der Waals surface area contributed by atoms with Crippen molar-refractivity contribution < 1.29 is 9.72 Å². The summed E-state index contributed by atoms with van der Waals surface area (Å²) in [5.74, 6) is 0.618. The van der Waals surface area contributed by atoms with E-state index in [2.05, 4.69) is 20.6 Å². The van der Waals surface area contributed by atoms with Crippen molar-refractivity contribution in [1.29, 1.82) is 0 Å². The normalized spacial score (nSPS) is 10.7. The number of para-hydroxylation sites is 2. The lowest BCUT2D eigenvalue weighted by molar-refractivity contribution is -0.384. The van der Waals surface area contributed by atoms with Crippen LogP contribution < -0.4 is 10.6 Å².